The smallest absolute Gasteiger partial charge is 0.411 e. The van der Waals surface area contributed by atoms with E-state index in [1.54, 1.807) is 33.4 Å². The lowest BCUT2D eigenvalue weighted by Crippen LogP contribution is -2.43. The number of ether oxygens (including phenoxy) is 4. The van der Waals surface area contributed by atoms with Crippen molar-refractivity contribution >= 4 is 77.4 Å². The number of fused-ring (bicyclic) bond motifs is 4. The van der Waals surface area contributed by atoms with Crippen molar-refractivity contribution in [3.63, 3.8) is 0 Å². The van der Waals surface area contributed by atoms with Crippen molar-refractivity contribution in [3.05, 3.63) is 140 Å². The SMILES string of the molecule is CC(C)(C)OC(=O)N1CCC[C@@H]1C(=O)O.CN1CCC[C@@H]1CO.CN1CCC[C@@H]1COS(C)(=O)=O.CN1CCC[C@@H]1COc1cccc2ccccc12.O=C(O)[C@H]1CCCN1.c1ccc2c(OC[C@H]3CCCN3)cccc2c1.c1ccc2c(OC[C@H]3CCCN3c3ncnc4nc[nH]c34)cccc2c1. The Morgan fingerprint density at radius 3 is 1.47 bits per heavy atom. The van der Waals surface area contributed by atoms with Crippen LogP contribution in [-0.2, 0) is 28.6 Å². The first kappa shape index (κ1) is 79.8. The summed E-state index contributed by atoms with van der Waals surface area (Å²) in [5, 5.41) is 39.5. The molecule has 6 aromatic carbocycles. The minimum atomic E-state index is -3.26. The average molecular weight is 1450 g/mol. The molecule has 1 amide bonds. The van der Waals surface area contributed by atoms with Crippen LogP contribution < -0.4 is 29.7 Å². The van der Waals surface area contributed by atoms with Crippen molar-refractivity contribution in [2.45, 2.75) is 159 Å². The van der Waals surface area contributed by atoms with Crippen LogP contribution in [0.4, 0.5) is 10.6 Å². The van der Waals surface area contributed by atoms with Crippen molar-refractivity contribution in [2.75, 3.05) is 111 Å². The standard InChI is InChI=1S/C20H19N5O.C16H19NO.C15H17NO.C10H17NO4.C7H15NO3S.C6H13NO.C5H9NO2/c1-2-8-16-14(5-1)6-3-9-17(16)26-11-15-7-4-10-25(15)20-18-19(22-12-21-18)23-13-24-20;1-17-11-5-8-14(17)12-18-16-10-4-7-13-6-2-3-9-15(13)16;1-2-8-14-12(5-1)6-3-9-15(14)17-11-13-7-4-10-16-13;1-10(2,3)15-9(14)11-6-4-5-7(11)8(12)13;1-8-5-3-4-7(8)6-11-12(2,9)10;1-7-4-2-3-6(7)5-8;7-5(8)4-2-1-3-6-4/h1-3,5-6,8-9,12-13,15H,4,7,10-11H2,(H,21,22,23,24);2-4,6-7,9-10,14H,5,8,11-12H2,1H3;1-3,5-6,8-9,13,16H,4,7,10-11H2;7H,4-6H2,1-3H3,(H,12,13);7H,3-6H2,1-2H3;6,8H,2-5H2,1H3;4,6H,1-3H2,(H,7,8)/t15-;14-;13-;2*7-;6-;4-/m1111111/s1. The van der Waals surface area contributed by atoms with Crippen molar-refractivity contribution in [3.8, 4) is 17.2 Å². The number of aliphatic hydroxyl groups excluding tert-OH is 1. The second-order valence-electron chi connectivity index (χ2n) is 28.6. The summed E-state index contributed by atoms with van der Waals surface area (Å²) < 4.78 is 49.4. The Bertz CT molecular complexity index is 4080. The molecule has 0 saturated carbocycles. The zero-order chi connectivity index (χ0) is 74.0. The number of aromatic nitrogens is 4. The van der Waals surface area contributed by atoms with Crippen molar-refractivity contribution in [1.82, 2.24) is 50.2 Å². The van der Waals surface area contributed by atoms with Gasteiger partial charge in [0.05, 0.1) is 31.8 Å². The molecule has 0 radical (unpaired) electrons. The maximum atomic E-state index is 11.6. The number of carboxylic acids is 2. The van der Waals surface area contributed by atoms with Gasteiger partial charge in [0.1, 0.15) is 66.6 Å². The van der Waals surface area contributed by atoms with E-state index in [2.05, 4.69) is 173 Å². The van der Waals surface area contributed by atoms with Gasteiger partial charge in [-0.15, -0.1) is 0 Å². The molecule has 25 heteroatoms. The molecular formula is C79H109N11O13S. The minimum absolute atomic E-state index is 0.269. The fraction of sp³-hybridized carbons (Fsp3) is 0.519. The van der Waals surface area contributed by atoms with Gasteiger partial charge in [-0.05, 0) is 199 Å². The number of carbonyl (C=O) groups excluding carboxylic acids is 1. The molecule has 7 fully saturated rings. The van der Waals surface area contributed by atoms with Gasteiger partial charge in [0.25, 0.3) is 10.1 Å². The summed E-state index contributed by atoms with van der Waals surface area (Å²) in [5.74, 6) is 2.17. The highest BCUT2D eigenvalue weighted by molar-refractivity contribution is 7.86. The lowest BCUT2D eigenvalue weighted by Gasteiger charge is -2.26. The first-order chi connectivity index (χ1) is 50.1. The van der Waals surface area contributed by atoms with Gasteiger partial charge in [-0.25, -0.2) is 24.5 Å². The Morgan fingerprint density at radius 2 is 1.01 bits per heavy atom. The second-order valence-corrected chi connectivity index (χ2v) is 30.2. The predicted molar refractivity (Wildman–Crippen MR) is 409 cm³/mol. The minimum Gasteiger partial charge on any atom is -0.491 e. The Kier molecular flexibility index (Phi) is 30.5. The van der Waals surface area contributed by atoms with Gasteiger partial charge >= 0.3 is 18.0 Å². The molecule has 15 rings (SSSR count). The number of hydrogen-bond donors (Lipinski definition) is 6. The maximum Gasteiger partial charge on any atom is 0.411 e. The lowest BCUT2D eigenvalue weighted by atomic mass is 10.1. The van der Waals surface area contributed by atoms with Crippen LogP contribution in [-0.4, -0.2) is 235 Å². The highest BCUT2D eigenvalue weighted by Gasteiger charge is 2.37. The maximum absolute atomic E-state index is 11.6. The van der Waals surface area contributed by atoms with Crippen LogP contribution in [0.25, 0.3) is 43.5 Å². The Balaban J connectivity index is 0.000000146. The van der Waals surface area contributed by atoms with E-state index in [-0.39, 0.29) is 18.1 Å². The number of aliphatic hydroxyl groups is 1. The second kappa shape index (κ2) is 39.7. The first-order valence-electron chi connectivity index (χ1n) is 36.8. The van der Waals surface area contributed by atoms with Crippen LogP contribution in [0.15, 0.2) is 140 Å². The summed E-state index contributed by atoms with van der Waals surface area (Å²) in [5.41, 5.74) is 1.02. The van der Waals surface area contributed by atoms with Gasteiger partial charge in [-0.3, -0.25) is 13.9 Å². The number of hydrogen-bond acceptors (Lipinski definition) is 20. The summed E-state index contributed by atoms with van der Waals surface area (Å²) in [4.78, 5) is 59.0. The van der Waals surface area contributed by atoms with Crippen LogP contribution >= 0.6 is 0 Å². The molecule has 564 valence electrons. The normalized spacial score (nSPS) is 21.8. The van der Waals surface area contributed by atoms with E-state index in [1.807, 2.05) is 25.2 Å². The Morgan fingerprint density at radius 1 is 0.529 bits per heavy atom. The fourth-order valence-corrected chi connectivity index (χ4v) is 14.3. The van der Waals surface area contributed by atoms with E-state index in [0.717, 1.165) is 131 Å². The third-order valence-electron chi connectivity index (χ3n) is 19.8. The number of rotatable bonds is 16. The molecule has 7 atom stereocenters. The van der Waals surface area contributed by atoms with Crippen molar-refractivity contribution in [2.24, 2.45) is 0 Å². The first-order valence-corrected chi connectivity index (χ1v) is 38.6. The summed E-state index contributed by atoms with van der Waals surface area (Å²) in [7, 11) is 2.98. The number of nitrogens with one attached hydrogen (secondary N) is 3. The Labute approximate surface area is 612 Å². The molecule has 0 unspecified atom stereocenters. The average Bonchev–Trinajstić information content (AvgIpc) is 1.44. The zero-order valence-corrected chi connectivity index (χ0v) is 62.4. The number of amides is 1. The number of nitrogens with zero attached hydrogens (tertiary/aromatic N) is 8. The molecule has 24 nitrogen and oxygen atoms in total. The molecule has 7 aliphatic rings. The summed E-state index contributed by atoms with van der Waals surface area (Å²) in [6, 6.07) is 44.9. The molecule has 8 aromatic rings. The van der Waals surface area contributed by atoms with Gasteiger partial charge in [0, 0.05) is 53.4 Å². The summed E-state index contributed by atoms with van der Waals surface area (Å²) >= 11 is 0. The third-order valence-corrected chi connectivity index (χ3v) is 20.4. The largest absolute Gasteiger partial charge is 0.491 e. The van der Waals surface area contributed by atoms with Crippen LogP contribution in [0.1, 0.15) is 111 Å². The lowest BCUT2D eigenvalue weighted by molar-refractivity contribution is -0.142. The summed E-state index contributed by atoms with van der Waals surface area (Å²) in [6.07, 6.45) is 18.7. The Hall–Kier alpha value is -8.27. The van der Waals surface area contributed by atoms with Crippen LogP contribution in [0.3, 0.4) is 0 Å². The molecule has 0 aliphatic carbocycles. The molecule has 7 saturated heterocycles. The van der Waals surface area contributed by atoms with Gasteiger partial charge in [-0.2, -0.15) is 8.42 Å². The quantitative estimate of drug-likeness (QED) is 0.0490. The van der Waals surface area contributed by atoms with Gasteiger partial charge in [-0.1, -0.05) is 109 Å². The number of imidazole rings is 1. The number of carbonyl (C=O) groups is 3. The number of H-pyrrole nitrogens is 1. The topological polar surface area (TPSA) is 287 Å². The zero-order valence-electron chi connectivity index (χ0n) is 61.6. The molecule has 104 heavy (non-hydrogen) atoms. The van der Waals surface area contributed by atoms with E-state index in [4.69, 9.17) is 38.5 Å². The number of carboxylic acid groups (broad SMARTS) is 2. The molecule has 0 spiro atoms. The van der Waals surface area contributed by atoms with E-state index in [0.29, 0.717) is 56.6 Å². The number of likely N-dealkylation sites (tertiary alicyclic amines) is 4. The van der Waals surface area contributed by atoms with Gasteiger partial charge in [0.2, 0.25) is 0 Å². The number of benzene rings is 6. The number of likely N-dealkylation sites (N-methyl/N-ethyl adjacent to an activating group) is 3. The molecule has 7 aliphatic heterocycles. The fourth-order valence-electron chi connectivity index (χ4n) is 13.9. The van der Waals surface area contributed by atoms with Crippen LogP contribution in [0, 0.1) is 0 Å². The van der Waals surface area contributed by atoms with E-state index in [9.17, 15) is 22.8 Å². The molecule has 0 bridgehead atoms. The molecular weight excluding hydrogens is 1340 g/mol. The third kappa shape index (κ3) is 24.1. The van der Waals surface area contributed by atoms with Crippen molar-refractivity contribution < 1.29 is 61.3 Å². The van der Waals surface area contributed by atoms with Gasteiger partial charge < -0.3 is 69.5 Å². The number of anilines is 1. The molecule has 2 aromatic heterocycles. The van der Waals surface area contributed by atoms with E-state index < -0.39 is 39.8 Å². The molecule has 6 N–H and O–H groups in total. The van der Waals surface area contributed by atoms with Gasteiger partial charge in [0.15, 0.2) is 11.5 Å². The van der Waals surface area contributed by atoms with Crippen LogP contribution in [0.2, 0.25) is 0 Å². The number of aliphatic carboxylic acids is 2. The highest BCUT2D eigenvalue weighted by Crippen LogP contribution is 2.32. The monoisotopic (exact) mass is 1450 g/mol. The highest BCUT2D eigenvalue weighted by atomic mass is 32.2. The van der Waals surface area contributed by atoms with Crippen molar-refractivity contribution in [1.29, 1.82) is 0 Å². The number of aromatic amines is 1. The van der Waals surface area contributed by atoms with E-state index >= 15 is 0 Å². The molecule has 9 heterocycles. The predicted octanol–water partition coefficient (Wildman–Crippen LogP) is 11.3. The summed E-state index contributed by atoms with van der Waals surface area (Å²) in [6.45, 7) is 14.9. The van der Waals surface area contributed by atoms with Crippen LogP contribution in [0.5, 0.6) is 17.2 Å². The van der Waals surface area contributed by atoms with E-state index in [1.165, 1.54) is 76.9 Å².